The number of aromatic nitrogens is 1. The minimum atomic E-state index is -0.362. The Bertz CT molecular complexity index is 742. The first-order chi connectivity index (χ1) is 11.7. The van der Waals surface area contributed by atoms with Crippen LogP contribution in [-0.2, 0) is 4.74 Å². The molecule has 8 heteroatoms. The van der Waals surface area contributed by atoms with Crippen molar-refractivity contribution in [2.24, 2.45) is 0 Å². The zero-order valence-corrected chi connectivity index (χ0v) is 16.2. The number of pyridine rings is 1. The third-order valence-electron chi connectivity index (χ3n) is 4.10. The van der Waals surface area contributed by atoms with Crippen LogP contribution in [0.1, 0.15) is 34.8 Å². The zero-order valence-electron chi connectivity index (χ0n) is 14.6. The van der Waals surface area contributed by atoms with Gasteiger partial charge in [0.25, 0.3) is 5.91 Å². The lowest BCUT2D eigenvalue weighted by Crippen LogP contribution is -2.33. The number of fused-ring (bicyclic) bond motifs is 1. The summed E-state index contributed by atoms with van der Waals surface area (Å²) in [6.07, 6.45) is 2.20. The van der Waals surface area contributed by atoms with Crippen molar-refractivity contribution in [2.75, 3.05) is 33.4 Å². The van der Waals surface area contributed by atoms with Crippen molar-refractivity contribution in [2.45, 2.75) is 18.8 Å². The normalized spacial score (nSPS) is 13.0. The molecule has 2 aromatic rings. The summed E-state index contributed by atoms with van der Waals surface area (Å²) in [6.45, 7) is 2.52. The van der Waals surface area contributed by atoms with Gasteiger partial charge in [-0.25, -0.2) is 4.39 Å². The van der Waals surface area contributed by atoms with Crippen molar-refractivity contribution >= 4 is 41.6 Å². The van der Waals surface area contributed by atoms with Gasteiger partial charge in [0.1, 0.15) is 5.82 Å². The van der Waals surface area contributed by atoms with Gasteiger partial charge >= 0.3 is 0 Å². The molecule has 0 unspecified atom stereocenters. The van der Waals surface area contributed by atoms with Gasteiger partial charge in [-0.05, 0) is 37.1 Å². The molecule has 3 rings (SSSR count). The van der Waals surface area contributed by atoms with Crippen molar-refractivity contribution in [1.29, 1.82) is 0 Å². The number of methoxy groups -OCH3 is 1. The van der Waals surface area contributed by atoms with Crippen LogP contribution in [0.15, 0.2) is 24.3 Å². The molecule has 144 valence electrons. The highest BCUT2D eigenvalue weighted by molar-refractivity contribution is 6.06. The Balaban J connectivity index is 0.00000169. The Kier molecular flexibility index (Phi) is 9.22. The van der Waals surface area contributed by atoms with Crippen LogP contribution in [0, 0.1) is 5.82 Å². The predicted octanol–water partition coefficient (Wildman–Crippen LogP) is 3.06. The fraction of sp³-hybridized carbons (Fsp3) is 0.444. The van der Waals surface area contributed by atoms with Gasteiger partial charge in [-0.15, -0.1) is 24.8 Å². The van der Waals surface area contributed by atoms with Crippen LogP contribution in [0.5, 0.6) is 0 Å². The molecule has 26 heavy (non-hydrogen) atoms. The molecule has 0 radical (unpaired) electrons. The second-order valence-electron chi connectivity index (χ2n) is 6.03. The lowest BCUT2D eigenvalue weighted by atomic mass is 10.1. The molecular weight excluding hydrogens is 380 g/mol. The molecule has 0 aliphatic heterocycles. The summed E-state index contributed by atoms with van der Waals surface area (Å²) in [6, 6.07) is 6.21. The summed E-state index contributed by atoms with van der Waals surface area (Å²) >= 11 is 0. The highest BCUT2D eigenvalue weighted by Gasteiger charge is 2.27. The summed E-state index contributed by atoms with van der Waals surface area (Å²) < 4.78 is 18.5. The van der Waals surface area contributed by atoms with Gasteiger partial charge in [-0.2, -0.15) is 0 Å². The first kappa shape index (κ1) is 22.6. The minimum Gasteiger partial charge on any atom is -0.383 e. The molecule has 1 aliphatic rings. The lowest BCUT2D eigenvalue weighted by Gasteiger charge is -2.11. The Labute approximate surface area is 164 Å². The van der Waals surface area contributed by atoms with E-state index in [-0.39, 0.29) is 36.5 Å². The molecule has 0 spiro atoms. The second-order valence-corrected chi connectivity index (χ2v) is 6.03. The fourth-order valence-corrected chi connectivity index (χ4v) is 2.65. The van der Waals surface area contributed by atoms with E-state index in [0.717, 1.165) is 25.1 Å². The minimum absolute atomic E-state index is 0. The molecule has 1 aromatic heterocycles. The number of rotatable bonds is 8. The number of benzene rings is 1. The fourth-order valence-electron chi connectivity index (χ4n) is 2.65. The van der Waals surface area contributed by atoms with Crippen LogP contribution in [0.25, 0.3) is 10.9 Å². The quantitative estimate of drug-likeness (QED) is 0.664. The van der Waals surface area contributed by atoms with Gasteiger partial charge in [0.2, 0.25) is 0 Å². The predicted molar refractivity (Wildman–Crippen MR) is 105 cm³/mol. The van der Waals surface area contributed by atoms with Gasteiger partial charge in [-0.1, -0.05) is 0 Å². The topological polar surface area (TPSA) is 63.2 Å². The van der Waals surface area contributed by atoms with E-state index in [1.54, 1.807) is 13.2 Å². The number of carbonyl (C=O) groups excluding carboxylic acids is 1. The van der Waals surface area contributed by atoms with Crippen LogP contribution >= 0.6 is 24.8 Å². The average molecular weight is 404 g/mol. The largest absolute Gasteiger partial charge is 0.383 e. The second kappa shape index (κ2) is 10.6. The van der Waals surface area contributed by atoms with Crippen LogP contribution in [0.4, 0.5) is 4.39 Å². The van der Waals surface area contributed by atoms with Crippen LogP contribution in [0.2, 0.25) is 0 Å². The Morgan fingerprint density at radius 2 is 2.00 bits per heavy atom. The molecule has 0 atom stereocenters. The molecule has 1 fully saturated rings. The van der Waals surface area contributed by atoms with Crippen LogP contribution in [-0.4, -0.2) is 44.2 Å². The van der Waals surface area contributed by atoms with Crippen molar-refractivity contribution in [3.8, 4) is 0 Å². The number of nitrogens with one attached hydrogen (secondary N) is 2. The first-order valence-electron chi connectivity index (χ1n) is 8.27. The third kappa shape index (κ3) is 5.77. The Hall–Kier alpha value is -1.47. The van der Waals surface area contributed by atoms with Gasteiger partial charge in [0, 0.05) is 43.7 Å². The number of hydrogen-bond donors (Lipinski definition) is 2. The summed E-state index contributed by atoms with van der Waals surface area (Å²) in [5.41, 5.74) is 2.10. The van der Waals surface area contributed by atoms with E-state index < -0.39 is 0 Å². The first-order valence-corrected chi connectivity index (χ1v) is 8.27. The molecular formula is C18H24Cl2FN3O2. The third-order valence-corrected chi connectivity index (χ3v) is 4.10. The van der Waals surface area contributed by atoms with Gasteiger partial charge in [0.15, 0.2) is 0 Å². The van der Waals surface area contributed by atoms with E-state index >= 15 is 0 Å². The monoisotopic (exact) mass is 403 g/mol. The van der Waals surface area contributed by atoms with Crippen molar-refractivity contribution < 1.29 is 13.9 Å². The zero-order chi connectivity index (χ0) is 16.9. The molecule has 1 aromatic carbocycles. The number of amides is 1. The highest BCUT2D eigenvalue weighted by Crippen LogP contribution is 2.40. The SMILES string of the molecule is COCCNCCNC(=O)c1cc(C2CC2)nc2ccc(F)cc12.Cl.Cl. The van der Waals surface area contributed by atoms with Gasteiger partial charge in [0.05, 0.1) is 17.7 Å². The van der Waals surface area contributed by atoms with Crippen molar-refractivity contribution in [1.82, 2.24) is 15.6 Å². The van der Waals surface area contributed by atoms with E-state index in [1.807, 2.05) is 6.07 Å². The van der Waals surface area contributed by atoms with E-state index in [9.17, 15) is 9.18 Å². The molecule has 1 amide bonds. The summed E-state index contributed by atoms with van der Waals surface area (Å²) in [5, 5.41) is 6.61. The average Bonchev–Trinajstić information content (AvgIpc) is 3.42. The van der Waals surface area contributed by atoms with E-state index in [0.29, 0.717) is 42.1 Å². The number of carbonyl (C=O) groups is 1. The molecule has 2 N–H and O–H groups in total. The molecule has 0 bridgehead atoms. The summed E-state index contributed by atoms with van der Waals surface area (Å²) in [4.78, 5) is 17.1. The van der Waals surface area contributed by atoms with E-state index in [2.05, 4.69) is 15.6 Å². The van der Waals surface area contributed by atoms with Crippen molar-refractivity contribution in [3.05, 3.63) is 41.3 Å². The molecule has 1 saturated carbocycles. The van der Waals surface area contributed by atoms with Gasteiger partial charge < -0.3 is 15.4 Å². The molecule has 1 aliphatic carbocycles. The number of hydrogen-bond acceptors (Lipinski definition) is 4. The Morgan fingerprint density at radius 3 is 2.69 bits per heavy atom. The number of ether oxygens (including phenoxy) is 1. The van der Waals surface area contributed by atoms with E-state index in [4.69, 9.17) is 4.74 Å². The summed E-state index contributed by atoms with van der Waals surface area (Å²) in [7, 11) is 1.65. The molecule has 1 heterocycles. The number of halogens is 3. The smallest absolute Gasteiger partial charge is 0.252 e. The van der Waals surface area contributed by atoms with E-state index in [1.165, 1.54) is 12.1 Å². The maximum atomic E-state index is 13.6. The van der Waals surface area contributed by atoms with Crippen LogP contribution in [0.3, 0.4) is 0 Å². The summed E-state index contributed by atoms with van der Waals surface area (Å²) in [5.74, 6) is -0.121. The van der Waals surface area contributed by atoms with Crippen molar-refractivity contribution in [3.63, 3.8) is 0 Å². The Morgan fingerprint density at radius 1 is 1.23 bits per heavy atom. The number of nitrogens with zero attached hydrogens (tertiary/aromatic N) is 1. The maximum Gasteiger partial charge on any atom is 0.252 e. The standard InChI is InChI=1S/C18H22FN3O2.2ClH/c1-24-9-8-20-6-7-21-18(23)15-11-17(12-2-3-12)22-16-5-4-13(19)10-14(15)16;;/h4-5,10-12,20H,2-3,6-9H2,1H3,(H,21,23);2*1H. The van der Waals surface area contributed by atoms with Crippen LogP contribution < -0.4 is 10.6 Å². The maximum absolute atomic E-state index is 13.6. The lowest BCUT2D eigenvalue weighted by molar-refractivity contribution is 0.0955. The van der Waals surface area contributed by atoms with Gasteiger partial charge in [-0.3, -0.25) is 9.78 Å². The molecule has 5 nitrogen and oxygen atoms in total. The molecule has 0 saturated heterocycles. The highest BCUT2D eigenvalue weighted by atomic mass is 35.5.